The zero-order valence-corrected chi connectivity index (χ0v) is 12.5. The summed E-state index contributed by atoms with van der Waals surface area (Å²) in [5, 5.41) is 0. The van der Waals surface area contributed by atoms with E-state index in [-0.39, 0.29) is 0 Å². The Kier molecular flexibility index (Phi) is 8.35. The van der Waals surface area contributed by atoms with E-state index in [4.69, 9.17) is 4.43 Å². The van der Waals surface area contributed by atoms with E-state index in [9.17, 15) is 0 Å². The second kappa shape index (κ2) is 8.63. The number of allylic oxidation sites excluding steroid dienone is 2. The number of hydrogen-bond acceptors (Lipinski definition) is 1. The fraction of sp³-hybridized carbons (Fsp3) is 0.714. The molecule has 0 amide bonds. The molecule has 0 atom stereocenters. The van der Waals surface area contributed by atoms with Crippen molar-refractivity contribution in [1.82, 2.24) is 0 Å². The summed E-state index contributed by atoms with van der Waals surface area (Å²) in [6, 6.07) is 3.55. The lowest BCUT2D eigenvalue weighted by molar-refractivity contribution is 0.424. The van der Waals surface area contributed by atoms with Crippen LogP contribution in [-0.2, 0) is 4.43 Å². The molecule has 0 radical (unpaired) electrons. The molecule has 0 saturated carbocycles. The average molecular weight is 240 g/mol. The predicted molar refractivity (Wildman–Crippen MR) is 76.1 cm³/mol. The number of hydrogen-bond donors (Lipinski definition) is 0. The molecule has 0 aromatic rings. The molecule has 0 saturated heterocycles. The molecule has 0 aliphatic carbocycles. The van der Waals surface area contributed by atoms with Crippen molar-refractivity contribution < 1.29 is 4.43 Å². The van der Waals surface area contributed by atoms with Crippen LogP contribution >= 0.6 is 0 Å². The van der Waals surface area contributed by atoms with Gasteiger partial charge in [0.2, 0.25) is 8.32 Å². The Bertz CT molecular complexity index is 209. The fourth-order valence-corrected chi connectivity index (χ4v) is 4.37. The highest BCUT2D eigenvalue weighted by Crippen LogP contribution is 2.24. The van der Waals surface area contributed by atoms with Crippen LogP contribution in [0.4, 0.5) is 0 Å². The molecular formula is C14H28OSi. The largest absolute Gasteiger partial charge is 0.544 e. The van der Waals surface area contributed by atoms with Crippen molar-refractivity contribution in [3.05, 3.63) is 24.5 Å². The van der Waals surface area contributed by atoms with E-state index in [2.05, 4.69) is 46.4 Å². The van der Waals surface area contributed by atoms with Gasteiger partial charge in [0.1, 0.15) is 0 Å². The lowest BCUT2D eigenvalue weighted by Gasteiger charge is -2.29. The van der Waals surface area contributed by atoms with Gasteiger partial charge in [-0.1, -0.05) is 53.2 Å². The fourth-order valence-electron chi connectivity index (χ4n) is 1.82. The van der Waals surface area contributed by atoms with Gasteiger partial charge in [0.25, 0.3) is 0 Å². The summed E-state index contributed by atoms with van der Waals surface area (Å²) in [5.41, 5.74) is 0. The molecule has 2 heteroatoms. The summed E-state index contributed by atoms with van der Waals surface area (Å²) in [6.07, 6.45) is 7.87. The minimum Gasteiger partial charge on any atom is -0.544 e. The minimum absolute atomic E-state index is 0.869. The van der Waals surface area contributed by atoms with Crippen LogP contribution in [0.1, 0.15) is 47.0 Å². The maximum Gasteiger partial charge on any atom is 0.250 e. The topological polar surface area (TPSA) is 9.23 Å². The van der Waals surface area contributed by atoms with Gasteiger partial charge in [-0.2, -0.15) is 0 Å². The molecular weight excluding hydrogens is 212 g/mol. The third kappa shape index (κ3) is 5.55. The Morgan fingerprint density at radius 2 is 1.69 bits per heavy atom. The molecule has 1 nitrogen and oxygen atoms in total. The normalized spacial score (nSPS) is 12.0. The van der Waals surface area contributed by atoms with Gasteiger partial charge in [0.15, 0.2) is 0 Å². The van der Waals surface area contributed by atoms with Crippen LogP contribution in [0.25, 0.3) is 0 Å². The van der Waals surface area contributed by atoms with Gasteiger partial charge in [0.05, 0.1) is 5.76 Å². The lowest BCUT2D eigenvalue weighted by atomic mass is 10.2. The summed E-state index contributed by atoms with van der Waals surface area (Å²) in [7, 11) is -1.50. The Labute approximate surface area is 103 Å². The maximum atomic E-state index is 6.12. The molecule has 0 heterocycles. The van der Waals surface area contributed by atoms with Crippen LogP contribution in [0, 0.1) is 0 Å². The zero-order valence-electron chi connectivity index (χ0n) is 11.5. The Morgan fingerprint density at radius 1 is 1.12 bits per heavy atom. The lowest BCUT2D eigenvalue weighted by Crippen LogP contribution is -2.34. The third-order valence-corrected chi connectivity index (χ3v) is 7.87. The molecule has 0 spiro atoms. The van der Waals surface area contributed by atoms with E-state index in [1.807, 2.05) is 0 Å². The summed E-state index contributed by atoms with van der Waals surface area (Å²) in [4.78, 5) is 0. The van der Waals surface area contributed by atoms with Crippen LogP contribution in [0.5, 0.6) is 0 Å². The van der Waals surface area contributed by atoms with E-state index in [0.29, 0.717) is 0 Å². The van der Waals surface area contributed by atoms with Gasteiger partial charge >= 0.3 is 0 Å². The van der Waals surface area contributed by atoms with Crippen LogP contribution in [0.3, 0.4) is 0 Å². The monoisotopic (exact) mass is 240 g/mol. The maximum absolute atomic E-state index is 6.12. The highest BCUT2D eigenvalue weighted by Gasteiger charge is 2.30. The summed E-state index contributed by atoms with van der Waals surface area (Å²) in [6.45, 7) is 12.9. The Morgan fingerprint density at radius 3 is 2.12 bits per heavy atom. The van der Waals surface area contributed by atoms with Crippen molar-refractivity contribution in [2.24, 2.45) is 0 Å². The molecule has 94 valence electrons. The van der Waals surface area contributed by atoms with Gasteiger partial charge in [-0.05, 0) is 30.6 Å². The molecule has 0 aliphatic rings. The van der Waals surface area contributed by atoms with E-state index in [1.165, 1.54) is 31.0 Å². The smallest absolute Gasteiger partial charge is 0.250 e. The number of rotatable bonds is 9. The second-order valence-electron chi connectivity index (χ2n) is 4.36. The second-order valence-corrected chi connectivity index (χ2v) is 9.05. The van der Waals surface area contributed by atoms with Gasteiger partial charge in [0, 0.05) is 0 Å². The van der Waals surface area contributed by atoms with Crippen LogP contribution < -0.4 is 0 Å². The molecule has 0 rings (SSSR count). The quantitative estimate of drug-likeness (QED) is 0.231. The molecule has 0 fully saturated rings. The minimum atomic E-state index is -1.50. The van der Waals surface area contributed by atoms with E-state index in [0.717, 1.165) is 12.2 Å². The molecule has 0 aliphatic heterocycles. The van der Waals surface area contributed by atoms with E-state index < -0.39 is 8.32 Å². The summed E-state index contributed by atoms with van der Waals surface area (Å²) >= 11 is 0. The van der Waals surface area contributed by atoms with Crippen LogP contribution in [0.2, 0.25) is 18.1 Å². The molecule has 0 aromatic heterocycles. The highest BCUT2D eigenvalue weighted by atomic mass is 28.4. The van der Waals surface area contributed by atoms with E-state index in [1.54, 1.807) is 0 Å². The third-order valence-electron chi connectivity index (χ3n) is 3.31. The summed E-state index contributed by atoms with van der Waals surface area (Å²) in [5.74, 6) is 0.869. The Balaban J connectivity index is 4.15. The van der Waals surface area contributed by atoms with Crippen molar-refractivity contribution in [3.63, 3.8) is 0 Å². The standard InChI is InChI=1S/C14H28OSi/c1-6-10-11-12-13-14(5)15-16(7-2,8-3)9-4/h12-13H,5-11H2,1-4H3/b13-12+. The predicted octanol–water partition coefficient (Wildman–Crippen LogP) is 5.27. The van der Waals surface area contributed by atoms with Crippen molar-refractivity contribution in [1.29, 1.82) is 0 Å². The first-order valence-electron chi connectivity index (χ1n) is 6.68. The van der Waals surface area contributed by atoms with Crippen LogP contribution in [-0.4, -0.2) is 8.32 Å². The molecule has 0 bridgehead atoms. The highest BCUT2D eigenvalue weighted by molar-refractivity contribution is 6.73. The SMILES string of the molecule is C=C(/C=C/CCCC)O[Si](CC)(CC)CC. The first-order valence-corrected chi connectivity index (χ1v) is 9.21. The van der Waals surface area contributed by atoms with E-state index >= 15 is 0 Å². The van der Waals surface area contributed by atoms with Crippen molar-refractivity contribution in [2.45, 2.75) is 65.1 Å². The number of unbranched alkanes of at least 4 members (excludes halogenated alkanes) is 2. The Hall–Kier alpha value is -0.503. The van der Waals surface area contributed by atoms with Crippen molar-refractivity contribution in [2.75, 3.05) is 0 Å². The summed E-state index contributed by atoms with van der Waals surface area (Å²) < 4.78 is 6.12. The van der Waals surface area contributed by atoms with Crippen molar-refractivity contribution in [3.8, 4) is 0 Å². The van der Waals surface area contributed by atoms with Gasteiger partial charge in [-0.25, -0.2) is 0 Å². The molecule has 0 N–H and O–H groups in total. The van der Waals surface area contributed by atoms with Crippen molar-refractivity contribution >= 4 is 8.32 Å². The first kappa shape index (κ1) is 15.5. The van der Waals surface area contributed by atoms with Crippen LogP contribution in [0.15, 0.2) is 24.5 Å². The first-order chi connectivity index (χ1) is 7.64. The average Bonchev–Trinajstić information content (AvgIpc) is 2.32. The zero-order chi connectivity index (χ0) is 12.4. The molecule has 0 aromatic carbocycles. The van der Waals surface area contributed by atoms with Gasteiger partial charge in [-0.15, -0.1) is 0 Å². The van der Waals surface area contributed by atoms with Gasteiger partial charge in [-0.3, -0.25) is 0 Å². The molecule has 16 heavy (non-hydrogen) atoms. The molecule has 0 unspecified atom stereocenters. The van der Waals surface area contributed by atoms with Gasteiger partial charge < -0.3 is 4.43 Å².